The van der Waals surface area contributed by atoms with E-state index in [0.717, 1.165) is 62.0 Å². The van der Waals surface area contributed by atoms with Crippen molar-refractivity contribution in [1.29, 1.82) is 0 Å². The van der Waals surface area contributed by atoms with Gasteiger partial charge in [0, 0.05) is 56.6 Å². The van der Waals surface area contributed by atoms with Crippen molar-refractivity contribution in [2.75, 3.05) is 45.8 Å². The SMILES string of the molecule is CN=C(NCCc1ccccc1C)NC1CCN(c2cc(OC)cc(OC)c2)CC1.I. The average molecular weight is 538 g/mol. The molecule has 0 aromatic heterocycles. The number of guanidine groups is 1. The van der Waals surface area contributed by atoms with Crippen LogP contribution in [0.4, 0.5) is 5.69 Å². The number of nitrogens with zero attached hydrogens (tertiary/aromatic N) is 2. The van der Waals surface area contributed by atoms with Crippen molar-refractivity contribution in [3.63, 3.8) is 0 Å². The van der Waals surface area contributed by atoms with Crippen LogP contribution in [0.3, 0.4) is 0 Å². The van der Waals surface area contributed by atoms with Crippen molar-refractivity contribution in [1.82, 2.24) is 10.6 Å². The molecule has 2 N–H and O–H groups in total. The Bertz CT molecular complexity index is 829. The molecule has 0 aliphatic carbocycles. The van der Waals surface area contributed by atoms with Crippen LogP contribution in [0, 0.1) is 6.92 Å². The largest absolute Gasteiger partial charge is 0.497 e. The van der Waals surface area contributed by atoms with E-state index < -0.39 is 0 Å². The van der Waals surface area contributed by atoms with Crippen molar-refractivity contribution >= 4 is 35.6 Å². The first-order chi connectivity index (χ1) is 14.6. The fourth-order valence-corrected chi connectivity index (χ4v) is 3.85. The van der Waals surface area contributed by atoms with Gasteiger partial charge in [0.25, 0.3) is 0 Å². The third kappa shape index (κ3) is 7.19. The number of aryl methyl sites for hydroxylation is 1. The van der Waals surface area contributed by atoms with Crippen LogP contribution in [0.1, 0.15) is 24.0 Å². The number of halogens is 1. The van der Waals surface area contributed by atoms with E-state index in [1.807, 2.05) is 13.1 Å². The molecule has 2 aromatic carbocycles. The van der Waals surface area contributed by atoms with Gasteiger partial charge in [-0.25, -0.2) is 0 Å². The highest BCUT2D eigenvalue weighted by Crippen LogP contribution is 2.30. The smallest absolute Gasteiger partial charge is 0.191 e. The zero-order chi connectivity index (χ0) is 21.3. The van der Waals surface area contributed by atoms with Crippen molar-refractivity contribution in [2.45, 2.75) is 32.2 Å². The number of rotatable bonds is 7. The molecule has 2 aromatic rings. The highest BCUT2D eigenvalue weighted by molar-refractivity contribution is 14.0. The van der Waals surface area contributed by atoms with Gasteiger partial charge < -0.3 is 25.0 Å². The third-order valence-corrected chi connectivity index (χ3v) is 5.71. The summed E-state index contributed by atoms with van der Waals surface area (Å²) >= 11 is 0. The van der Waals surface area contributed by atoms with Gasteiger partial charge in [-0.1, -0.05) is 24.3 Å². The standard InChI is InChI=1S/C24H34N4O2.HI/c1-18-7-5-6-8-19(18)9-12-26-24(25-2)27-20-10-13-28(14-11-20)21-15-22(29-3)17-23(16-21)30-4;/h5-8,15-17,20H,9-14H2,1-4H3,(H2,25,26,27);1H. The molecule has 6 nitrogen and oxygen atoms in total. The lowest BCUT2D eigenvalue weighted by Gasteiger charge is -2.34. The highest BCUT2D eigenvalue weighted by atomic mass is 127. The van der Waals surface area contributed by atoms with Crippen LogP contribution in [0.5, 0.6) is 11.5 Å². The summed E-state index contributed by atoms with van der Waals surface area (Å²) in [4.78, 5) is 6.79. The lowest BCUT2D eigenvalue weighted by atomic mass is 10.0. The second kappa shape index (κ2) is 12.6. The summed E-state index contributed by atoms with van der Waals surface area (Å²) in [6.07, 6.45) is 3.10. The monoisotopic (exact) mass is 538 g/mol. The van der Waals surface area contributed by atoms with Gasteiger partial charge in [-0.15, -0.1) is 24.0 Å². The Morgan fingerprint density at radius 1 is 1.06 bits per heavy atom. The molecule has 0 atom stereocenters. The van der Waals surface area contributed by atoms with Gasteiger partial charge in [0.2, 0.25) is 0 Å². The number of anilines is 1. The number of methoxy groups -OCH3 is 2. The van der Waals surface area contributed by atoms with Gasteiger partial charge in [-0.2, -0.15) is 0 Å². The summed E-state index contributed by atoms with van der Waals surface area (Å²) in [5, 5.41) is 7.04. The molecular formula is C24H35IN4O2. The molecule has 0 saturated carbocycles. The molecular weight excluding hydrogens is 503 g/mol. The van der Waals surface area contributed by atoms with Gasteiger partial charge >= 0.3 is 0 Å². The molecule has 0 amide bonds. The van der Waals surface area contributed by atoms with E-state index in [1.54, 1.807) is 14.2 Å². The number of piperidine rings is 1. The number of hydrogen-bond donors (Lipinski definition) is 2. The van der Waals surface area contributed by atoms with Crippen molar-refractivity contribution in [2.24, 2.45) is 4.99 Å². The number of benzene rings is 2. The van der Waals surface area contributed by atoms with Crippen LogP contribution in [-0.2, 0) is 6.42 Å². The summed E-state index contributed by atoms with van der Waals surface area (Å²) < 4.78 is 10.8. The molecule has 1 aliphatic heterocycles. The average Bonchev–Trinajstić information content (AvgIpc) is 2.79. The Morgan fingerprint density at radius 3 is 2.29 bits per heavy atom. The number of ether oxygens (including phenoxy) is 2. The Morgan fingerprint density at radius 2 is 1.71 bits per heavy atom. The van der Waals surface area contributed by atoms with Crippen molar-refractivity contribution < 1.29 is 9.47 Å². The molecule has 0 spiro atoms. The van der Waals surface area contributed by atoms with Crippen molar-refractivity contribution in [3.05, 3.63) is 53.6 Å². The molecule has 7 heteroatoms. The lowest BCUT2D eigenvalue weighted by molar-refractivity contribution is 0.393. The second-order valence-electron chi connectivity index (χ2n) is 7.65. The minimum atomic E-state index is 0. The van der Waals surface area contributed by atoms with Crippen LogP contribution < -0.4 is 25.0 Å². The van der Waals surface area contributed by atoms with Crippen LogP contribution >= 0.6 is 24.0 Å². The van der Waals surface area contributed by atoms with Gasteiger partial charge in [0.05, 0.1) is 14.2 Å². The van der Waals surface area contributed by atoms with Crippen LogP contribution in [0.2, 0.25) is 0 Å². The molecule has 170 valence electrons. The maximum absolute atomic E-state index is 5.41. The molecule has 0 bridgehead atoms. The molecule has 31 heavy (non-hydrogen) atoms. The molecule has 0 unspecified atom stereocenters. The van der Waals surface area contributed by atoms with Gasteiger partial charge in [0.15, 0.2) is 5.96 Å². The molecule has 1 fully saturated rings. The van der Waals surface area contributed by atoms with E-state index in [9.17, 15) is 0 Å². The minimum absolute atomic E-state index is 0. The van der Waals surface area contributed by atoms with E-state index in [4.69, 9.17) is 9.47 Å². The highest BCUT2D eigenvalue weighted by Gasteiger charge is 2.21. The van der Waals surface area contributed by atoms with E-state index in [0.29, 0.717) is 6.04 Å². The molecule has 1 aliphatic rings. The van der Waals surface area contributed by atoms with Gasteiger partial charge in [0.1, 0.15) is 11.5 Å². The van der Waals surface area contributed by atoms with E-state index in [2.05, 4.69) is 63.8 Å². The van der Waals surface area contributed by atoms with E-state index in [1.165, 1.54) is 11.1 Å². The lowest BCUT2D eigenvalue weighted by Crippen LogP contribution is -2.49. The predicted octanol–water partition coefficient (Wildman–Crippen LogP) is 4.01. The second-order valence-corrected chi connectivity index (χ2v) is 7.65. The topological polar surface area (TPSA) is 58.1 Å². The summed E-state index contributed by atoms with van der Waals surface area (Å²) in [6, 6.07) is 15.0. The van der Waals surface area contributed by atoms with E-state index >= 15 is 0 Å². The first kappa shape index (κ1) is 25.1. The van der Waals surface area contributed by atoms with Crippen molar-refractivity contribution in [3.8, 4) is 11.5 Å². The predicted molar refractivity (Wildman–Crippen MR) is 140 cm³/mol. The molecule has 0 radical (unpaired) electrons. The maximum Gasteiger partial charge on any atom is 0.191 e. The summed E-state index contributed by atoms with van der Waals surface area (Å²) in [5.74, 6) is 2.52. The first-order valence-electron chi connectivity index (χ1n) is 10.6. The van der Waals surface area contributed by atoms with Gasteiger partial charge in [-0.3, -0.25) is 4.99 Å². The number of nitrogens with one attached hydrogen (secondary N) is 2. The zero-order valence-corrected chi connectivity index (χ0v) is 21.3. The van der Waals surface area contributed by atoms with Crippen LogP contribution in [0.15, 0.2) is 47.5 Å². The first-order valence-corrected chi connectivity index (χ1v) is 10.6. The fourth-order valence-electron chi connectivity index (χ4n) is 3.85. The minimum Gasteiger partial charge on any atom is -0.497 e. The molecule has 1 saturated heterocycles. The quantitative estimate of drug-likeness (QED) is 0.317. The normalized spacial score (nSPS) is 14.6. The van der Waals surface area contributed by atoms with E-state index in [-0.39, 0.29) is 24.0 Å². The molecule has 1 heterocycles. The number of aliphatic imine (C=N–C) groups is 1. The zero-order valence-electron chi connectivity index (χ0n) is 19.0. The third-order valence-electron chi connectivity index (χ3n) is 5.71. The number of hydrogen-bond acceptors (Lipinski definition) is 4. The Labute approximate surface area is 203 Å². The maximum atomic E-state index is 5.41. The Kier molecular flexibility index (Phi) is 10.2. The van der Waals surface area contributed by atoms with Gasteiger partial charge in [-0.05, 0) is 37.3 Å². The summed E-state index contributed by atoms with van der Waals surface area (Å²) in [5.41, 5.74) is 3.86. The summed E-state index contributed by atoms with van der Waals surface area (Å²) in [6.45, 7) is 4.99. The Hall–Kier alpha value is -2.16. The Balaban J connectivity index is 0.00000341. The van der Waals surface area contributed by atoms with Crippen LogP contribution in [0.25, 0.3) is 0 Å². The molecule has 3 rings (SSSR count). The van der Waals surface area contributed by atoms with Crippen LogP contribution in [-0.4, -0.2) is 52.9 Å². The summed E-state index contributed by atoms with van der Waals surface area (Å²) in [7, 11) is 5.21. The fraction of sp³-hybridized carbons (Fsp3) is 0.458.